The van der Waals surface area contributed by atoms with Crippen molar-refractivity contribution in [1.29, 1.82) is 0 Å². The van der Waals surface area contributed by atoms with Gasteiger partial charge in [0.15, 0.2) is 11.8 Å². The van der Waals surface area contributed by atoms with Crippen molar-refractivity contribution < 1.29 is 28.6 Å². The molecular formula is C19H27IN2. The van der Waals surface area contributed by atoms with Crippen LogP contribution in [-0.2, 0) is 6.42 Å². The SMILES string of the molecule is C[N+]1=CC=C(N2CCCC2)C(Cc2ccccc2)C1(C)C.[I-]. The van der Waals surface area contributed by atoms with Gasteiger partial charge in [-0.05, 0) is 24.8 Å². The average molecular weight is 410 g/mol. The van der Waals surface area contributed by atoms with Gasteiger partial charge in [-0.3, -0.25) is 0 Å². The number of benzene rings is 1. The average Bonchev–Trinajstić information content (AvgIpc) is 3.00. The molecule has 0 aromatic heterocycles. The fourth-order valence-electron chi connectivity index (χ4n) is 3.61. The Kier molecular flexibility index (Phi) is 5.70. The Morgan fingerprint density at radius 1 is 1.14 bits per heavy atom. The van der Waals surface area contributed by atoms with Crippen molar-refractivity contribution >= 4 is 6.21 Å². The van der Waals surface area contributed by atoms with Crippen LogP contribution in [0.3, 0.4) is 0 Å². The molecule has 1 unspecified atom stereocenters. The molecule has 1 aromatic carbocycles. The van der Waals surface area contributed by atoms with Crippen molar-refractivity contribution in [2.24, 2.45) is 5.92 Å². The Balaban J connectivity index is 0.00000176. The number of halogens is 1. The van der Waals surface area contributed by atoms with Gasteiger partial charge < -0.3 is 28.9 Å². The van der Waals surface area contributed by atoms with E-state index in [4.69, 9.17) is 0 Å². The molecule has 0 bridgehead atoms. The van der Waals surface area contributed by atoms with Crippen molar-refractivity contribution in [2.45, 2.75) is 38.6 Å². The number of nitrogens with zero attached hydrogens (tertiary/aromatic N) is 2. The first-order valence-electron chi connectivity index (χ1n) is 8.16. The Labute approximate surface area is 151 Å². The van der Waals surface area contributed by atoms with Crippen LogP contribution in [0.5, 0.6) is 0 Å². The zero-order chi connectivity index (χ0) is 14.9. The van der Waals surface area contributed by atoms with Gasteiger partial charge in [0.25, 0.3) is 0 Å². The first-order valence-corrected chi connectivity index (χ1v) is 8.16. The third kappa shape index (κ3) is 3.39. The van der Waals surface area contributed by atoms with Crippen LogP contribution in [0.15, 0.2) is 42.1 Å². The lowest BCUT2D eigenvalue weighted by molar-refractivity contribution is -0.581. The standard InChI is InChI=1S/C19H27N2.HI/c1-19(2)17(15-16-9-5-4-6-10-16)18(11-14-20(19)3)21-12-7-8-13-21;/h4-6,9-11,14,17H,7-8,12-13,15H2,1-3H3;1H/q+1;/p-1. The zero-order valence-corrected chi connectivity index (χ0v) is 16.1. The lowest BCUT2D eigenvalue weighted by Crippen LogP contribution is -3.00. The summed E-state index contributed by atoms with van der Waals surface area (Å²) in [7, 11) is 2.20. The highest BCUT2D eigenvalue weighted by Gasteiger charge is 2.43. The second kappa shape index (κ2) is 7.16. The van der Waals surface area contributed by atoms with Gasteiger partial charge in [-0.2, -0.15) is 0 Å². The van der Waals surface area contributed by atoms with Crippen molar-refractivity contribution in [3.05, 3.63) is 47.7 Å². The summed E-state index contributed by atoms with van der Waals surface area (Å²) in [5.74, 6) is 0.549. The van der Waals surface area contributed by atoms with Crippen LogP contribution in [0.25, 0.3) is 0 Å². The topological polar surface area (TPSA) is 6.25 Å². The summed E-state index contributed by atoms with van der Waals surface area (Å²) in [4.78, 5) is 2.61. The van der Waals surface area contributed by atoms with E-state index in [1.165, 1.54) is 31.5 Å². The Morgan fingerprint density at radius 2 is 1.77 bits per heavy atom. The van der Waals surface area contributed by atoms with Crippen LogP contribution >= 0.6 is 0 Å². The summed E-state index contributed by atoms with van der Waals surface area (Å²) in [5, 5.41) is 0. The van der Waals surface area contributed by atoms with E-state index < -0.39 is 0 Å². The van der Waals surface area contributed by atoms with Gasteiger partial charge in [0.2, 0.25) is 0 Å². The Morgan fingerprint density at radius 3 is 2.41 bits per heavy atom. The van der Waals surface area contributed by atoms with Gasteiger partial charge in [-0.15, -0.1) is 0 Å². The van der Waals surface area contributed by atoms with E-state index in [1.54, 1.807) is 5.70 Å². The van der Waals surface area contributed by atoms with E-state index in [0.717, 1.165) is 6.42 Å². The van der Waals surface area contributed by atoms with Crippen LogP contribution in [0.1, 0.15) is 32.3 Å². The van der Waals surface area contributed by atoms with Gasteiger partial charge in [-0.1, -0.05) is 30.3 Å². The number of hydrogen-bond acceptors (Lipinski definition) is 1. The molecule has 0 aliphatic carbocycles. The molecule has 0 spiro atoms. The van der Waals surface area contributed by atoms with Crippen molar-refractivity contribution in [2.75, 3.05) is 20.1 Å². The summed E-state index contributed by atoms with van der Waals surface area (Å²) in [6, 6.07) is 10.9. The predicted molar refractivity (Wildman–Crippen MR) is 88.9 cm³/mol. The molecule has 3 heteroatoms. The molecule has 2 heterocycles. The van der Waals surface area contributed by atoms with Crippen molar-refractivity contribution in [1.82, 2.24) is 4.90 Å². The molecule has 2 nitrogen and oxygen atoms in total. The van der Waals surface area contributed by atoms with Crippen LogP contribution in [0, 0.1) is 5.92 Å². The largest absolute Gasteiger partial charge is 1.00 e. The van der Waals surface area contributed by atoms with E-state index in [-0.39, 0.29) is 29.5 Å². The molecule has 22 heavy (non-hydrogen) atoms. The smallest absolute Gasteiger partial charge is 0.165 e. The quantitative estimate of drug-likeness (QED) is 0.515. The summed E-state index contributed by atoms with van der Waals surface area (Å²) in [5.41, 5.74) is 3.14. The molecule has 1 atom stereocenters. The first kappa shape index (κ1) is 17.5. The normalized spacial score (nSPS) is 23.6. The number of likely N-dealkylation sites (tertiary alicyclic amines) is 1. The summed E-state index contributed by atoms with van der Waals surface area (Å²) in [6.45, 7) is 7.20. The maximum Gasteiger partial charge on any atom is 0.165 e. The Bertz CT molecular complexity index is 554. The van der Waals surface area contributed by atoms with Crippen LogP contribution < -0.4 is 24.0 Å². The van der Waals surface area contributed by atoms with Gasteiger partial charge in [0, 0.05) is 38.7 Å². The van der Waals surface area contributed by atoms with Gasteiger partial charge in [0.05, 0.1) is 5.92 Å². The molecule has 0 saturated carbocycles. The summed E-state index contributed by atoms with van der Waals surface area (Å²) in [6.07, 6.45) is 8.41. The number of allylic oxidation sites excluding steroid dienone is 1. The molecule has 0 radical (unpaired) electrons. The van der Waals surface area contributed by atoms with Crippen LogP contribution in [-0.4, -0.2) is 41.4 Å². The van der Waals surface area contributed by atoms with E-state index in [1.807, 2.05) is 0 Å². The van der Waals surface area contributed by atoms with Crippen LogP contribution in [0.4, 0.5) is 0 Å². The molecule has 3 rings (SSSR count). The maximum atomic E-state index is 2.61. The van der Waals surface area contributed by atoms with E-state index in [9.17, 15) is 0 Å². The minimum absolute atomic E-state index is 0. The van der Waals surface area contributed by atoms with Crippen LogP contribution in [0.2, 0.25) is 0 Å². The van der Waals surface area contributed by atoms with Gasteiger partial charge >= 0.3 is 0 Å². The minimum atomic E-state index is 0. The highest BCUT2D eigenvalue weighted by atomic mass is 127. The van der Waals surface area contributed by atoms with E-state index >= 15 is 0 Å². The molecule has 1 fully saturated rings. The van der Waals surface area contributed by atoms with Crippen molar-refractivity contribution in [3.63, 3.8) is 0 Å². The third-order valence-electron chi connectivity index (χ3n) is 5.34. The Hall–Kier alpha value is -0.840. The highest BCUT2D eigenvalue weighted by molar-refractivity contribution is 5.69. The van der Waals surface area contributed by atoms with E-state index in [0.29, 0.717) is 5.92 Å². The second-order valence-corrected chi connectivity index (χ2v) is 6.94. The molecule has 1 saturated heterocycles. The molecule has 2 aliphatic rings. The highest BCUT2D eigenvalue weighted by Crippen LogP contribution is 2.35. The zero-order valence-electron chi connectivity index (χ0n) is 13.9. The van der Waals surface area contributed by atoms with Gasteiger partial charge in [-0.25, -0.2) is 4.58 Å². The molecular weight excluding hydrogens is 383 g/mol. The second-order valence-electron chi connectivity index (χ2n) is 6.94. The third-order valence-corrected chi connectivity index (χ3v) is 5.34. The van der Waals surface area contributed by atoms with E-state index in [2.05, 4.69) is 73.0 Å². The molecule has 0 N–H and O–H groups in total. The monoisotopic (exact) mass is 410 g/mol. The summed E-state index contributed by atoms with van der Waals surface area (Å²) < 4.78 is 2.38. The first-order chi connectivity index (χ1) is 10.1. The molecule has 1 aromatic rings. The molecule has 0 amide bonds. The predicted octanol–water partition coefficient (Wildman–Crippen LogP) is 0.334. The maximum absolute atomic E-state index is 2.61. The lowest BCUT2D eigenvalue weighted by Gasteiger charge is -2.38. The molecule has 120 valence electrons. The number of rotatable bonds is 3. The van der Waals surface area contributed by atoms with Crippen molar-refractivity contribution in [3.8, 4) is 0 Å². The molecule has 2 aliphatic heterocycles. The minimum Gasteiger partial charge on any atom is -1.00 e. The lowest BCUT2D eigenvalue weighted by atomic mass is 9.78. The van der Waals surface area contributed by atoms with Gasteiger partial charge in [0.1, 0.15) is 7.05 Å². The summed E-state index contributed by atoms with van der Waals surface area (Å²) >= 11 is 0. The fraction of sp³-hybridized carbons (Fsp3) is 0.526. The number of hydrogen-bond donors (Lipinski definition) is 0. The fourth-order valence-corrected chi connectivity index (χ4v) is 3.61.